The average Bonchev–Trinajstić information content (AvgIpc) is 2.33. The number of aromatic hydroxyl groups is 1. The molecule has 0 saturated heterocycles. The molecule has 5 nitrogen and oxygen atoms in total. The summed E-state index contributed by atoms with van der Waals surface area (Å²) in [5.41, 5.74) is 7.15. The molecule has 0 aliphatic heterocycles. The summed E-state index contributed by atoms with van der Waals surface area (Å²) in [6.07, 6.45) is 0.675. The normalized spacial score (nSPS) is 13.8. The van der Waals surface area contributed by atoms with Crippen LogP contribution < -0.4 is 10.6 Å². The minimum atomic E-state index is -3.91. The summed E-state index contributed by atoms with van der Waals surface area (Å²) in [4.78, 5) is 9.01. The number of phenols is 1. The predicted molar refractivity (Wildman–Crippen MR) is 75.0 cm³/mol. The fourth-order valence-corrected chi connectivity index (χ4v) is 2.32. The number of hydrogen-bond acceptors (Lipinski definition) is 2. The van der Waals surface area contributed by atoms with Crippen LogP contribution in [-0.4, -0.2) is 10.00 Å². The number of rotatable bonds is 4. The Kier molecular flexibility index (Phi) is 3.90. The Morgan fingerprint density at radius 2 is 1.79 bits per heavy atom. The topological polar surface area (TPSA) is 95.6 Å². The zero-order valence-corrected chi connectivity index (χ0v) is 11.0. The third kappa shape index (κ3) is 4.10. The Labute approximate surface area is 111 Å². The summed E-state index contributed by atoms with van der Waals surface area (Å²) < 4.78 is 11.0. The van der Waals surface area contributed by atoms with Gasteiger partial charge in [0.1, 0.15) is 5.75 Å². The second-order valence-corrected chi connectivity index (χ2v) is 5.72. The Morgan fingerprint density at radius 3 is 2.37 bits per heavy atom. The molecule has 1 atom stereocenters. The lowest BCUT2D eigenvalue weighted by atomic mass is 10.0. The molecule has 100 valence electrons. The van der Waals surface area contributed by atoms with Gasteiger partial charge in [0.15, 0.2) is 0 Å². The van der Waals surface area contributed by atoms with E-state index in [0.717, 1.165) is 11.1 Å². The van der Waals surface area contributed by atoms with Gasteiger partial charge < -0.3 is 10.00 Å². The first kappa shape index (κ1) is 13.6. The van der Waals surface area contributed by atoms with Crippen LogP contribution in [0.5, 0.6) is 5.75 Å². The maximum atomic E-state index is 11.0. The van der Waals surface area contributed by atoms with Crippen LogP contribution in [0.25, 0.3) is 0 Å². The molecule has 2 aromatic carbocycles. The van der Waals surface area contributed by atoms with Gasteiger partial charge in [0.2, 0.25) is 0 Å². The number of phenolic OH excluding ortho intramolecular Hbond substituents is 1. The van der Waals surface area contributed by atoms with E-state index in [1.807, 2.05) is 30.3 Å². The van der Waals surface area contributed by atoms with Crippen molar-refractivity contribution in [3.8, 4) is 5.75 Å². The summed E-state index contributed by atoms with van der Waals surface area (Å²) in [6, 6.07) is 14.7. The standard InChI is InChI=1S/C13H15N2O3P/c14-19(17,18)15-12-7-6-11(9-13(12)16)8-10-4-2-1-3-5-10/h1-7,9,16H,8H2,(H4,14,15,17,18). The van der Waals surface area contributed by atoms with E-state index in [1.54, 1.807) is 12.1 Å². The molecule has 0 aromatic heterocycles. The van der Waals surface area contributed by atoms with Gasteiger partial charge in [0, 0.05) is 0 Å². The fourth-order valence-electron chi connectivity index (χ4n) is 1.79. The van der Waals surface area contributed by atoms with Crippen molar-refractivity contribution < 1.29 is 14.6 Å². The van der Waals surface area contributed by atoms with Crippen LogP contribution >= 0.6 is 7.67 Å². The molecule has 2 aromatic rings. The second kappa shape index (κ2) is 5.45. The molecule has 0 bridgehead atoms. The van der Waals surface area contributed by atoms with E-state index in [4.69, 9.17) is 10.4 Å². The molecular weight excluding hydrogens is 263 g/mol. The van der Waals surface area contributed by atoms with Crippen molar-refractivity contribution in [2.75, 3.05) is 5.09 Å². The van der Waals surface area contributed by atoms with E-state index in [-0.39, 0.29) is 11.4 Å². The fraction of sp³-hybridized carbons (Fsp3) is 0.0769. The van der Waals surface area contributed by atoms with E-state index >= 15 is 0 Å². The quantitative estimate of drug-likeness (QED) is 0.509. The molecule has 0 amide bonds. The van der Waals surface area contributed by atoms with Gasteiger partial charge in [-0.2, -0.15) is 0 Å². The SMILES string of the molecule is NP(=O)(O)Nc1ccc(Cc2ccccc2)cc1O. The summed E-state index contributed by atoms with van der Waals surface area (Å²) >= 11 is 0. The molecule has 6 heteroatoms. The predicted octanol–water partition coefficient (Wildman–Crippen LogP) is 2.45. The number of nitrogens with one attached hydrogen (secondary N) is 1. The third-order valence-electron chi connectivity index (χ3n) is 2.59. The summed E-state index contributed by atoms with van der Waals surface area (Å²) in [5.74, 6) is -0.104. The first-order valence-electron chi connectivity index (χ1n) is 5.69. The van der Waals surface area contributed by atoms with Crippen LogP contribution in [0, 0.1) is 0 Å². The van der Waals surface area contributed by atoms with Crippen molar-refractivity contribution in [1.29, 1.82) is 0 Å². The molecule has 0 aliphatic carbocycles. The van der Waals surface area contributed by atoms with Gasteiger partial charge >= 0.3 is 7.67 Å². The lowest BCUT2D eigenvalue weighted by molar-refractivity contribution is 0.472. The van der Waals surface area contributed by atoms with E-state index in [1.165, 1.54) is 6.07 Å². The zero-order chi connectivity index (χ0) is 13.9. The minimum Gasteiger partial charge on any atom is -0.506 e. The molecule has 0 spiro atoms. The monoisotopic (exact) mass is 278 g/mol. The van der Waals surface area contributed by atoms with Gasteiger partial charge in [0.05, 0.1) is 5.69 Å². The Balaban J connectivity index is 2.17. The third-order valence-corrected chi connectivity index (χ3v) is 3.16. The second-order valence-electron chi connectivity index (χ2n) is 4.25. The van der Waals surface area contributed by atoms with Crippen LogP contribution in [0.2, 0.25) is 0 Å². The number of benzene rings is 2. The lowest BCUT2D eigenvalue weighted by Crippen LogP contribution is -2.04. The smallest absolute Gasteiger partial charge is 0.360 e. The molecule has 0 radical (unpaired) electrons. The molecular formula is C13H15N2O3P. The van der Waals surface area contributed by atoms with Crippen LogP contribution in [0.3, 0.4) is 0 Å². The molecule has 19 heavy (non-hydrogen) atoms. The molecule has 0 heterocycles. The van der Waals surface area contributed by atoms with Crippen LogP contribution in [0.4, 0.5) is 5.69 Å². The highest BCUT2D eigenvalue weighted by Crippen LogP contribution is 2.36. The van der Waals surface area contributed by atoms with Gasteiger partial charge in [-0.25, -0.2) is 10.1 Å². The van der Waals surface area contributed by atoms with Crippen molar-refractivity contribution in [1.82, 2.24) is 0 Å². The largest absolute Gasteiger partial charge is 0.506 e. The summed E-state index contributed by atoms with van der Waals surface area (Å²) in [6.45, 7) is 0. The zero-order valence-electron chi connectivity index (χ0n) is 10.2. The van der Waals surface area contributed by atoms with Crippen molar-refractivity contribution in [2.24, 2.45) is 5.50 Å². The van der Waals surface area contributed by atoms with Crippen LogP contribution in [0.15, 0.2) is 48.5 Å². The van der Waals surface area contributed by atoms with Crippen molar-refractivity contribution in [3.05, 3.63) is 59.7 Å². The molecule has 0 aliphatic rings. The maximum Gasteiger partial charge on any atom is 0.360 e. The average molecular weight is 278 g/mol. The van der Waals surface area contributed by atoms with Gasteiger partial charge in [-0.15, -0.1) is 0 Å². The first-order valence-corrected chi connectivity index (χ1v) is 7.42. The number of anilines is 1. The Hall–Kier alpha value is -1.81. The Bertz CT molecular complexity index is 611. The molecule has 1 unspecified atom stereocenters. The maximum absolute atomic E-state index is 11.0. The van der Waals surface area contributed by atoms with Crippen molar-refractivity contribution in [3.63, 3.8) is 0 Å². The highest BCUT2D eigenvalue weighted by atomic mass is 31.2. The van der Waals surface area contributed by atoms with Gasteiger partial charge in [-0.3, -0.25) is 5.09 Å². The van der Waals surface area contributed by atoms with Crippen LogP contribution in [0.1, 0.15) is 11.1 Å². The van der Waals surface area contributed by atoms with E-state index in [0.29, 0.717) is 6.42 Å². The van der Waals surface area contributed by atoms with E-state index in [2.05, 4.69) is 5.09 Å². The highest BCUT2D eigenvalue weighted by molar-refractivity contribution is 7.57. The van der Waals surface area contributed by atoms with Gasteiger partial charge in [-0.05, 0) is 29.7 Å². The Morgan fingerprint density at radius 1 is 1.11 bits per heavy atom. The van der Waals surface area contributed by atoms with Crippen molar-refractivity contribution >= 4 is 13.4 Å². The van der Waals surface area contributed by atoms with E-state index in [9.17, 15) is 9.67 Å². The summed E-state index contributed by atoms with van der Waals surface area (Å²) in [5, 5.41) is 12.0. The molecule has 2 rings (SSSR count). The van der Waals surface area contributed by atoms with Crippen LogP contribution in [-0.2, 0) is 11.0 Å². The molecule has 0 saturated carbocycles. The number of nitrogens with two attached hydrogens (primary N) is 1. The highest BCUT2D eigenvalue weighted by Gasteiger charge is 2.13. The summed E-state index contributed by atoms with van der Waals surface area (Å²) in [7, 11) is -3.91. The van der Waals surface area contributed by atoms with Gasteiger partial charge in [0.25, 0.3) is 0 Å². The first-order chi connectivity index (χ1) is 8.94. The van der Waals surface area contributed by atoms with Crippen molar-refractivity contribution in [2.45, 2.75) is 6.42 Å². The van der Waals surface area contributed by atoms with Gasteiger partial charge in [-0.1, -0.05) is 36.4 Å². The lowest BCUT2D eigenvalue weighted by Gasteiger charge is -2.11. The minimum absolute atomic E-state index is 0.104. The van der Waals surface area contributed by atoms with E-state index < -0.39 is 7.67 Å². The number of hydrogen-bond donors (Lipinski definition) is 4. The molecule has 0 fully saturated rings. The molecule has 5 N–H and O–H groups in total.